The van der Waals surface area contributed by atoms with E-state index in [-0.39, 0.29) is 16.8 Å². The van der Waals surface area contributed by atoms with Crippen LogP contribution in [-0.2, 0) is 0 Å². The average Bonchev–Trinajstić information content (AvgIpc) is 2.21. The molecule has 0 bridgehead atoms. The van der Waals surface area contributed by atoms with Gasteiger partial charge in [-0.1, -0.05) is 6.07 Å². The number of hydrogen-bond donors (Lipinski definition) is 2. The van der Waals surface area contributed by atoms with Gasteiger partial charge in [0.2, 0.25) is 0 Å². The van der Waals surface area contributed by atoms with Crippen LogP contribution in [0.5, 0.6) is 0 Å². The Kier molecular flexibility index (Phi) is 4.99. The molecule has 0 aliphatic rings. The lowest BCUT2D eigenvalue weighted by molar-refractivity contribution is 0.0169. The van der Waals surface area contributed by atoms with Crippen LogP contribution in [0.25, 0.3) is 0 Å². The molecule has 0 saturated carbocycles. The van der Waals surface area contributed by atoms with E-state index in [1.807, 2.05) is 0 Å². The van der Waals surface area contributed by atoms with Gasteiger partial charge in [0, 0.05) is 5.88 Å². The highest BCUT2D eigenvalue weighted by Crippen LogP contribution is 2.24. The van der Waals surface area contributed by atoms with Gasteiger partial charge in [-0.3, -0.25) is 0 Å². The zero-order chi connectivity index (χ0) is 11.4. The molecule has 1 aromatic rings. The van der Waals surface area contributed by atoms with E-state index in [1.165, 1.54) is 18.2 Å². The first kappa shape index (κ1) is 12.9. The molecule has 2 atom stereocenters. The summed E-state index contributed by atoms with van der Waals surface area (Å²) in [4.78, 5) is 0. The van der Waals surface area contributed by atoms with Crippen LogP contribution in [0.2, 0.25) is 0 Å². The molecule has 2 N–H and O–H groups in total. The number of aliphatic hydroxyl groups excluding tert-OH is 2. The Morgan fingerprint density at radius 3 is 2.60 bits per heavy atom. The van der Waals surface area contributed by atoms with Crippen molar-refractivity contribution in [1.29, 1.82) is 0 Å². The third kappa shape index (κ3) is 3.41. The van der Waals surface area contributed by atoms with E-state index in [0.29, 0.717) is 5.56 Å². The number of benzene rings is 1. The van der Waals surface area contributed by atoms with Crippen molar-refractivity contribution in [3.63, 3.8) is 0 Å². The molecule has 5 heteroatoms. The summed E-state index contributed by atoms with van der Waals surface area (Å²) in [6.45, 7) is 0. The minimum absolute atomic E-state index is 0.261. The van der Waals surface area contributed by atoms with E-state index in [2.05, 4.69) is 15.9 Å². The van der Waals surface area contributed by atoms with Gasteiger partial charge < -0.3 is 10.2 Å². The number of rotatable bonds is 4. The van der Waals surface area contributed by atoms with Crippen LogP contribution < -0.4 is 0 Å². The first-order valence-corrected chi connectivity index (χ1v) is 5.76. The summed E-state index contributed by atoms with van der Waals surface area (Å²) in [5.41, 5.74) is 0.459. The van der Waals surface area contributed by atoms with E-state index < -0.39 is 18.0 Å². The number of aliphatic hydroxyl groups is 2. The van der Waals surface area contributed by atoms with Crippen molar-refractivity contribution in [3.05, 3.63) is 34.1 Å². The molecule has 0 heterocycles. The Balaban J connectivity index is 2.81. The molecule has 15 heavy (non-hydrogen) atoms. The number of alkyl halides is 1. The van der Waals surface area contributed by atoms with Crippen LogP contribution >= 0.6 is 27.5 Å². The summed E-state index contributed by atoms with van der Waals surface area (Å²) in [5.74, 6) is -0.140. The van der Waals surface area contributed by atoms with E-state index in [9.17, 15) is 14.6 Å². The highest BCUT2D eigenvalue weighted by Gasteiger charge is 2.18. The molecule has 1 rings (SSSR count). The molecular weight excluding hydrogens is 286 g/mol. The van der Waals surface area contributed by atoms with Gasteiger partial charge in [0.05, 0.1) is 10.6 Å². The maximum absolute atomic E-state index is 12.9. The molecule has 0 amide bonds. The lowest BCUT2D eigenvalue weighted by Crippen LogP contribution is -2.18. The normalized spacial score (nSPS) is 15.0. The number of hydrogen-bond acceptors (Lipinski definition) is 2. The molecule has 2 nitrogen and oxygen atoms in total. The minimum atomic E-state index is -1.04. The smallest absolute Gasteiger partial charge is 0.137 e. The van der Waals surface area contributed by atoms with Gasteiger partial charge in [-0.25, -0.2) is 4.39 Å². The topological polar surface area (TPSA) is 40.5 Å². The average molecular weight is 298 g/mol. The largest absolute Gasteiger partial charge is 0.390 e. The standard InChI is InChI=1S/C10H11BrClFO2/c11-7-5-6(1-2-8(7)13)10(15)9(14)3-4-12/h1-2,5,9-10,14-15H,3-4H2. The molecular formula is C10H11BrClFO2. The van der Waals surface area contributed by atoms with Gasteiger partial charge in [0.15, 0.2) is 0 Å². The molecule has 1 aromatic carbocycles. The van der Waals surface area contributed by atoms with Crippen molar-refractivity contribution in [3.8, 4) is 0 Å². The van der Waals surface area contributed by atoms with Crippen LogP contribution in [0, 0.1) is 5.82 Å². The van der Waals surface area contributed by atoms with Crippen molar-refractivity contribution in [2.45, 2.75) is 18.6 Å². The Bertz CT molecular complexity index is 335. The van der Waals surface area contributed by atoms with Crippen LogP contribution in [0.4, 0.5) is 4.39 Å². The molecule has 0 aliphatic carbocycles. The zero-order valence-electron chi connectivity index (χ0n) is 7.83. The highest BCUT2D eigenvalue weighted by atomic mass is 79.9. The van der Waals surface area contributed by atoms with Gasteiger partial charge in [0.1, 0.15) is 11.9 Å². The van der Waals surface area contributed by atoms with Gasteiger partial charge >= 0.3 is 0 Å². The van der Waals surface area contributed by atoms with Crippen LogP contribution in [-0.4, -0.2) is 22.2 Å². The van der Waals surface area contributed by atoms with Gasteiger partial charge in [0.25, 0.3) is 0 Å². The number of halogens is 3. The summed E-state index contributed by atoms with van der Waals surface area (Å²) >= 11 is 8.45. The first-order valence-electron chi connectivity index (χ1n) is 4.43. The first-order chi connectivity index (χ1) is 7.06. The fourth-order valence-corrected chi connectivity index (χ4v) is 1.81. The molecule has 0 spiro atoms. The van der Waals surface area contributed by atoms with Crippen molar-refractivity contribution >= 4 is 27.5 Å². The maximum Gasteiger partial charge on any atom is 0.137 e. The van der Waals surface area contributed by atoms with E-state index in [0.717, 1.165) is 0 Å². The Morgan fingerprint density at radius 1 is 1.40 bits per heavy atom. The lowest BCUT2D eigenvalue weighted by Gasteiger charge is -2.17. The van der Waals surface area contributed by atoms with E-state index >= 15 is 0 Å². The Hall–Kier alpha value is -0.160. The third-order valence-corrected chi connectivity index (χ3v) is 2.88. The summed E-state index contributed by atoms with van der Waals surface area (Å²) in [7, 11) is 0. The fourth-order valence-electron chi connectivity index (χ4n) is 1.19. The maximum atomic E-state index is 12.9. The third-order valence-electron chi connectivity index (χ3n) is 2.05. The minimum Gasteiger partial charge on any atom is -0.390 e. The van der Waals surface area contributed by atoms with Crippen molar-refractivity contribution in [2.75, 3.05) is 5.88 Å². The zero-order valence-corrected chi connectivity index (χ0v) is 10.2. The monoisotopic (exact) mass is 296 g/mol. The second kappa shape index (κ2) is 5.80. The van der Waals surface area contributed by atoms with Crippen LogP contribution in [0.15, 0.2) is 22.7 Å². The summed E-state index contributed by atoms with van der Waals surface area (Å²) in [6.07, 6.45) is -1.68. The molecule has 0 aromatic heterocycles. The van der Waals surface area contributed by atoms with Gasteiger partial charge in [-0.15, -0.1) is 11.6 Å². The highest BCUT2D eigenvalue weighted by molar-refractivity contribution is 9.10. The second-order valence-corrected chi connectivity index (χ2v) is 4.40. The molecule has 0 fully saturated rings. The summed E-state index contributed by atoms with van der Waals surface area (Å²) in [5, 5.41) is 19.2. The second-order valence-electron chi connectivity index (χ2n) is 3.16. The quantitative estimate of drug-likeness (QED) is 0.839. The summed E-state index contributed by atoms with van der Waals surface area (Å²) in [6, 6.07) is 4.11. The van der Waals surface area contributed by atoms with Gasteiger partial charge in [-0.2, -0.15) is 0 Å². The Labute approximate surface area is 101 Å². The SMILES string of the molecule is OC(CCCl)C(O)c1ccc(F)c(Br)c1. The molecule has 0 radical (unpaired) electrons. The Morgan fingerprint density at radius 2 is 2.07 bits per heavy atom. The fraction of sp³-hybridized carbons (Fsp3) is 0.400. The van der Waals surface area contributed by atoms with Crippen LogP contribution in [0.3, 0.4) is 0 Å². The molecule has 84 valence electrons. The summed E-state index contributed by atoms with van der Waals surface area (Å²) < 4.78 is 13.2. The molecule has 0 saturated heterocycles. The van der Waals surface area contributed by atoms with Gasteiger partial charge in [-0.05, 0) is 40.0 Å². The van der Waals surface area contributed by atoms with Crippen molar-refractivity contribution in [2.24, 2.45) is 0 Å². The van der Waals surface area contributed by atoms with E-state index in [4.69, 9.17) is 11.6 Å². The lowest BCUT2D eigenvalue weighted by atomic mass is 10.0. The predicted octanol–water partition coefficient (Wildman–Crippen LogP) is 2.61. The molecule has 2 unspecified atom stereocenters. The van der Waals surface area contributed by atoms with Crippen molar-refractivity contribution in [1.82, 2.24) is 0 Å². The van der Waals surface area contributed by atoms with E-state index in [1.54, 1.807) is 0 Å². The molecule has 0 aliphatic heterocycles. The van der Waals surface area contributed by atoms with Crippen molar-refractivity contribution < 1.29 is 14.6 Å². The van der Waals surface area contributed by atoms with Crippen LogP contribution in [0.1, 0.15) is 18.1 Å². The predicted molar refractivity (Wildman–Crippen MR) is 60.4 cm³/mol.